The van der Waals surface area contributed by atoms with E-state index in [1.165, 1.54) is 31.7 Å². The Morgan fingerprint density at radius 2 is 1.94 bits per heavy atom. The summed E-state index contributed by atoms with van der Waals surface area (Å²) in [5.41, 5.74) is 2.41. The summed E-state index contributed by atoms with van der Waals surface area (Å²) in [6, 6.07) is 8.36. The highest BCUT2D eigenvalue weighted by atomic mass is 16.5. The van der Waals surface area contributed by atoms with E-state index in [1.54, 1.807) is 0 Å². The molecule has 1 aromatic rings. The van der Waals surface area contributed by atoms with Crippen LogP contribution in [0.1, 0.15) is 57.1 Å². The van der Waals surface area contributed by atoms with Crippen molar-refractivity contribution in [1.29, 1.82) is 0 Å². The smallest absolute Gasteiger partial charge is 0.302 e. The summed E-state index contributed by atoms with van der Waals surface area (Å²) in [5.74, 6) is 0.378. The van der Waals surface area contributed by atoms with Crippen LogP contribution >= 0.6 is 0 Å². The van der Waals surface area contributed by atoms with Gasteiger partial charge in [0.2, 0.25) is 0 Å². The maximum Gasteiger partial charge on any atom is 0.302 e. The lowest BCUT2D eigenvalue weighted by molar-refractivity contribution is -0.142. The minimum atomic E-state index is -0.231. The van der Waals surface area contributed by atoms with E-state index in [0.29, 0.717) is 12.5 Å². The van der Waals surface area contributed by atoms with E-state index in [-0.39, 0.29) is 5.97 Å². The number of hydrogen-bond donors (Lipinski definition) is 0. The Morgan fingerprint density at radius 3 is 2.47 bits per heavy atom. The molecule has 0 spiro atoms. The zero-order valence-electron chi connectivity index (χ0n) is 11.0. The first kappa shape index (κ1) is 13.8. The lowest BCUT2D eigenvalue weighted by Crippen LogP contribution is -1.99. The zero-order chi connectivity index (χ0) is 12.7. The molecule has 0 aliphatic carbocycles. The van der Waals surface area contributed by atoms with Crippen LogP contribution in [0.3, 0.4) is 0 Å². The van der Waals surface area contributed by atoms with Gasteiger partial charge < -0.3 is 4.74 Å². The topological polar surface area (TPSA) is 26.3 Å². The van der Waals surface area contributed by atoms with Gasteiger partial charge in [0.05, 0.1) is 0 Å². The molecule has 0 aromatic heterocycles. The van der Waals surface area contributed by atoms with Gasteiger partial charge in [-0.3, -0.25) is 4.79 Å². The van der Waals surface area contributed by atoms with E-state index in [0.717, 1.165) is 5.56 Å². The SMILES string of the molecule is CCCCC(C)c1ccc(COC(C)=O)cc1. The molecule has 2 nitrogen and oxygen atoms in total. The number of rotatable bonds is 6. The predicted molar refractivity (Wildman–Crippen MR) is 69.9 cm³/mol. The highest BCUT2D eigenvalue weighted by Gasteiger charge is 2.05. The second-order valence-corrected chi connectivity index (χ2v) is 4.57. The molecule has 0 aliphatic rings. The van der Waals surface area contributed by atoms with Gasteiger partial charge in [-0.2, -0.15) is 0 Å². The number of carbonyl (C=O) groups is 1. The molecule has 0 saturated carbocycles. The standard InChI is InChI=1S/C15H22O2/c1-4-5-6-12(2)15-9-7-14(8-10-15)11-17-13(3)16/h7-10,12H,4-6,11H2,1-3H3. The minimum absolute atomic E-state index is 0.231. The molecule has 0 heterocycles. The van der Waals surface area contributed by atoms with Crippen LogP contribution in [0.15, 0.2) is 24.3 Å². The Hall–Kier alpha value is -1.31. The van der Waals surface area contributed by atoms with Crippen LogP contribution in [0.5, 0.6) is 0 Å². The summed E-state index contributed by atoms with van der Waals surface area (Å²) in [6.07, 6.45) is 3.75. The fourth-order valence-corrected chi connectivity index (χ4v) is 1.80. The molecule has 0 N–H and O–H groups in total. The number of esters is 1. The van der Waals surface area contributed by atoms with Crippen molar-refractivity contribution < 1.29 is 9.53 Å². The summed E-state index contributed by atoms with van der Waals surface area (Å²) in [6.45, 7) is 6.28. The van der Waals surface area contributed by atoms with Crippen molar-refractivity contribution in [3.8, 4) is 0 Å². The van der Waals surface area contributed by atoms with Crippen LogP contribution in [0.2, 0.25) is 0 Å². The third kappa shape index (κ3) is 5.03. The minimum Gasteiger partial charge on any atom is -0.461 e. The Morgan fingerprint density at radius 1 is 1.29 bits per heavy atom. The molecule has 1 rings (SSSR count). The molecule has 0 fully saturated rings. The van der Waals surface area contributed by atoms with Gasteiger partial charge in [-0.05, 0) is 23.5 Å². The van der Waals surface area contributed by atoms with Crippen LogP contribution in [0.4, 0.5) is 0 Å². The lowest BCUT2D eigenvalue weighted by atomic mass is 9.95. The summed E-state index contributed by atoms with van der Waals surface area (Å²) in [5, 5.41) is 0. The van der Waals surface area contributed by atoms with E-state index in [9.17, 15) is 4.79 Å². The summed E-state index contributed by atoms with van der Waals surface area (Å²) < 4.78 is 4.95. The molecule has 0 saturated heterocycles. The normalized spacial score (nSPS) is 12.2. The van der Waals surface area contributed by atoms with E-state index < -0.39 is 0 Å². The van der Waals surface area contributed by atoms with Gasteiger partial charge in [0.25, 0.3) is 0 Å². The summed E-state index contributed by atoms with van der Waals surface area (Å²) >= 11 is 0. The van der Waals surface area contributed by atoms with Gasteiger partial charge in [0.15, 0.2) is 0 Å². The first-order chi connectivity index (χ1) is 8.13. The van der Waals surface area contributed by atoms with E-state index >= 15 is 0 Å². The van der Waals surface area contributed by atoms with Gasteiger partial charge in [0.1, 0.15) is 6.61 Å². The zero-order valence-corrected chi connectivity index (χ0v) is 11.0. The second kappa shape index (κ2) is 7.10. The highest BCUT2D eigenvalue weighted by molar-refractivity contribution is 5.65. The number of benzene rings is 1. The van der Waals surface area contributed by atoms with Crippen LogP contribution in [-0.4, -0.2) is 5.97 Å². The molecule has 0 radical (unpaired) electrons. The van der Waals surface area contributed by atoms with Gasteiger partial charge in [-0.25, -0.2) is 0 Å². The number of hydrogen-bond acceptors (Lipinski definition) is 2. The Balaban J connectivity index is 2.51. The van der Waals surface area contributed by atoms with Crippen molar-refractivity contribution in [2.75, 3.05) is 0 Å². The maximum atomic E-state index is 10.7. The predicted octanol–water partition coefficient (Wildman–Crippen LogP) is 4.04. The molecule has 0 aliphatic heterocycles. The lowest BCUT2D eigenvalue weighted by Gasteiger charge is -2.11. The fourth-order valence-electron chi connectivity index (χ4n) is 1.80. The molecule has 0 amide bonds. The third-order valence-electron chi connectivity index (χ3n) is 2.98. The molecule has 1 aromatic carbocycles. The largest absolute Gasteiger partial charge is 0.461 e. The van der Waals surface area contributed by atoms with E-state index in [2.05, 4.69) is 26.0 Å². The molecular formula is C15H22O2. The van der Waals surface area contributed by atoms with Crippen LogP contribution < -0.4 is 0 Å². The van der Waals surface area contributed by atoms with E-state index in [1.807, 2.05) is 12.1 Å². The van der Waals surface area contributed by atoms with Gasteiger partial charge >= 0.3 is 5.97 Å². The Bertz CT molecular complexity index is 340. The number of carbonyl (C=O) groups excluding carboxylic acids is 1. The summed E-state index contributed by atoms with van der Waals surface area (Å²) in [4.78, 5) is 10.7. The first-order valence-corrected chi connectivity index (χ1v) is 6.35. The van der Waals surface area contributed by atoms with Crippen LogP contribution in [-0.2, 0) is 16.1 Å². The second-order valence-electron chi connectivity index (χ2n) is 4.57. The number of unbranched alkanes of at least 4 members (excludes halogenated alkanes) is 1. The summed E-state index contributed by atoms with van der Waals surface area (Å²) in [7, 11) is 0. The van der Waals surface area contributed by atoms with Crippen LogP contribution in [0.25, 0.3) is 0 Å². The quantitative estimate of drug-likeness (QED) is 0.694. The van der Waals surface area contributed by atoms with Crippen molar-refractivity contribution in [2.45, 2.75) is 52.6 Å². The maximum absolute atomic E-state index is 10.7. The molecule has 2 heteroatoms. The van der Waals surface area contributed by atoms with Gasteiger partial charge in [-0.1, -0.05) is 51.0 Å². The molecular weight excluding hydrogens is 212 g/mol. The molecule has 1 unspecified atom stereocenters. The fraction of sp³-hybridized carbons (Fsp3) is 0.533. The Labute approximate surface area is 104 Å². The van der Waals surface area contributed by atoms with E-state index in [4.69, 9.17) is 4.74 Å². The van der Waals surface area contributed by atoms with Crippen molar-refractivity contribution in [3.05, 3.63) is 35.4 Å². The van der Waals surface area contributed by atoms with Gasteiger partial charge in [0, 0.05) is 6.92 Å². The monoisotopic (exact) mass is 234 g/mol. The van der Waals surface area contributed by atoms with Crippen molar-refractivity contribution in [2.24, 2.45) is 0 Å². The van der Waals surface area contributed by atoms with Crippen LogP contribution in [0, 0.1) is 0 Å². The molecule has 1 atom stereocenters. The highest BCUT2D eigenvalue weighted by Crippen LogP contribution is 2.21. The van der Waals surface area contributed by atoms with Crippen molar-refractivity contribution in [3.63, 3.8) is 0 Å². The molecule has 94 valence electrons. The third-order valence-corrected chi connectivity index (χ3v) is 2.98. The average molecular weight is 234 g/mol. The van der Waals surface area contributed by atoms with Crippen molar-refractivity contribution in [1.82, 2.24) is 0 Å². The number of ether oxygens (including phenoxy) is 1. The molecule has 17 heavy (non-hydrogen) atoms. The van der Waals surface area contributed by atoms with Crippen molar-refractivity contribution >= 4 is 5.97 Å². The first-order valence-electron chi connectivity index (χ1n) is 6.35. The Kier molecular flexibility index (Phi) is 5.75. The average Bonchev–Trinajstić information content (AvgIpc) is 2.34. The van der Waals surface area contributed by atoms with Gasteiger partial charge in [-0.15, -0.1) is 0 Å². The molecule has 0 bridgehead atoms.